The Bertz CT molecular complexity index is 493. The molecule has 1 fully saturated rings. The van der Waals surface area contributed by atoms with Crippen LogP contribution in [0.25, 0.3) is 0 Å². The predicted octanol–water partition coefficient (Wildman–Crippen LogP) is 3.12. The van der Waals surface area contributed by atoms with Crippen molar-refractivity contribution >= 4 is 29.1 Å². The maximum atomic E-state index is 12.4. The molecule has 110 valence electrons. The molecule has 2 rings (SSSR count). The molecular formula is C15H20Cl2N2O. The Balaban J connectivity index is 2.00. The summed E-state index contributed by atoms with van der Waals surface area (Å²) in [5, 5.41) is 1.23. The van der Waals surface area contributed by atoms with E-state index in [0.29, 0.717) is 23.0 Å². The minimum atomic E-state index is -0.0982. The van der Waals surface area contributed by atoms with Crippen LogP contribution in [0.2, 0.25) is 10.0 Å². The second-order valence-electron chi connectivity index (χ2n) is 5.53. The summed E-state index contributed by atoms with van der Waals surface area (Å²) >= 11 is 12.0. The van der Waals surface area contributed by atoms with Gasteiger partial charge in [0.05, 0.1) is 0 Å². The first kappa shape index (κ1) is 15.6. The van der Waals surface area contributed by atoms with Crippen molar-refractivity contribution in [1.29, 1.82) is 0 Å². The lowest BCUT2D eigenvalue weighted by Crippen LogP contribution is -2.47. The first-order chi connectivity index (χ1) is 9.47. The van der Waals surface area contributed by atoms with Gasteiger partial charge in [-0.2, -0.15) is 0 Å². The molecule has 0 bridgehead atoms. The lowest BCUT2D eigenvalue weighted by Gasteiger charge is -2.32. The summed E-state index contributed by atoms with van der Waals surface area (Å²) in [6.07, 6.45) is 2.61. The van der Waals surface area contributed by atoms with Crippen LogP contribution in [-0.4, -0.2) is 29.9 Å². The van der Waals surface area contributed by atoms with E-state index in [4.69, 9.17) is 28.9 Å². The minimum Gasteiger partial charge on any atom is -0.341 e. The number of halogens is 2. The number of carbonyl (C=O) groups excluding carboxylic acids is 1. The molecule has 1 aliphatic heterocycles. The van der Waals surface area contributed by atoms with E-state index in [9.17, 15) is 4.79 Å². The summed E-state index contributed by atoms with van der Waals surface area (Å²) in [5.41, 5.74) is 6.88. The molecule has 3 nitrogen and oxygen atoms in total. The monoisotopic (exact) mass is 314 g/mol. The topological polar surface area (TPSA) is 46.3 Å². The number of likely N-dealkylation sites (tertiary alicyclic amines) is 1. The highest BCUT2D eigenvalue weighted by molar-refractivity contribution is 6.35. The lowest BCUT2D eigenvalue weighted by atomic mass is 9.98. The highest BCUT2D eigenvalue weighted by Crippen LogP contribution is 2.24. The molecule has 0 aliphatic carbocycles. The van der Waals surface area contributed by atoms with Gasteiger partial charge in [0.2, 0.25) is 5.91 Å². The number of nitrogens with zero attached hydrogens (tertiary/aromatic N) is 1. The van der Waals surface area contributed by atoms with E-state index in [2.05, 4.69) is 0 Å². The van der Waals surface area contributed by atoms with Crippen LogP contribution in [0, 0.1) is 5.92 Å². The van der Waals surface area contributed by atoms with Crippen molar-refractivity contribution in [2.24, 2.45) is 11.7 Å². The summed E-state index contributed by atoms with van der Waals surface area (Å²) in [6, 6.07) is 5.51. The largest absolute Gasteiger partial charge is 0.341 e. The smallest absolute Gasteiger partial charge is 0.225 e. The number of amides is 1. The second-order valence-corrected chi connectivity index (χ2v) is 6.37. The first-order valence-electron chi connectivity index (χ1n) is 6.95. The van der Waals surface area contributed by atoms with Crippen LogP contribution in [0.15, 0.2) is 18.2 Å². The van der Waals surface area contributed by atoms with E-state index < -0.39 is 0 Å². The molecule has 0 spiro atoms. The van der Waals surface area contributed by atoms with Gasteiger partial charge in [0, 0.05) is 35.1 Å². The van der Waals surface area contributed by atoms with Crippen LogP contribution in [0.1, 0.15) is 25.3 Å². The van der Waals surface area contributed by atoms with Crippen LogP contribution in [0.5, 0.6) is 0 Å². The van der Waals surface area contributed by atoms with Crippen LogP contribution < -0.4 is 5.73 Å². The second kappa shape index (κ2) is 6.79. The third-order valence-electron chi connectivity index (χ3n) is 3.73. The van der Waals surface area contributed by atoms with Gasteiger partial charge in [-0.15, -0.1) is 0 Å². The van der Waals surface area contributed by atoms with Crippen molar-refractivity contribution < 1.29 is 4.79 Å². The zero-order chi connectivity index (χ0) is 14.7. The molecule has 5 heteroatoms. The van der Waals surface area contributed by atoms with E-state index >= 15 is 0 Å². The van der Waals surface area contributed by atoms with Crippen molar-refractivity contribution in [1.82, 2.24) is 4.90 Å². The van der Waals surface area contributed by atoms with Crippen molar-refractivity contribution in [2.75, 3.05) is 13.1 Å². The standard InChI is InChI=1S/C15H20Cl2N2O/c1-10(7-11-4-5-12(16)8-14(11)17)15(20)19-6-2-3-13(18)9-19/h4-5,8,10,13H,2-3,6-7,9,18H2,1H3. The Labute approximate surface area is 130 Å². The van der Waals surface area contributed by atoms with Crippen molar-refractivity contribution in [3.63, 3.8) is 0 Å². The molecule has 0 radical (unpaired) electrons. The van der Waals surface area contributed by atoms with Crippen molar-refractivity contribution in [2.45, 2.75) is 32.2 Å². The SMILES string of the molecule is CC(Cc1ccc(Cl)cc1Cl)C(=O)N1CCCC(N)C1. The normalized spacial score (nSPS) is 20.8. The van der Waals surface area contributed by atoms with Gasteiger partial charge in [-0.25, -0.2) is 0 Å². The third kappa shape index (κ3) is 3.87. The number of hydrogen-bond acceptors (Lipinski definition) is 2. The minimum absolute atomic E-state index is 0.0982. The maximum Gasteiger partial charge on any atom is 0.225 e. The van der Waals surface area contributed by atoms with Crippen LogP contribution in [0.3, 0.4) is 0 Å². The number of hydrogen-bond donors (Lipinski definition) is 1. The van der Waals surface area contributed by atoms with E-state index in [0.717, 1.165) is 24.9 Å². The number of nitrogens with two attached hydrogens (primary N) is 1. The summed E-state index contributed by atoms with van der Waals surface area (Å²) < 4.78 is 0. The zero-order valence-electron chi connectivity index (χ0n) is 11.6. The highest BCUT2D eigenvalue weighted by Gasteiger charge is 2.25. The Morgan fingerprint density at radius 1 is 1.50 bits per heavy atom. The third-order valence-corrected chi connectivity index (χ3v) is 4.32. The molecule has 1 aromatic carbocycles. The van der Waals surface area contributed by atoms with E-state index in [1.807, 2.05) is 17.9 Å². The average Bonchev–Trinajstić information content (AvgIpc) is 2.41. The fraction of sp³-hybridized carbons (Fsp3) is 0.533. The molecule has 1 aromatic rings. The number of piperidine rings is 1. The van der Waals surface area contributed by atoms with Gasteiger partial charge in [0.25, 0.3) is 0 Å². The van der Waals surface area contributed by atoms with E-state index in [1.165, 1.54) is 0 Å². The number of benzene rings is 1. The fourth-order valence-electron chi connectivity index (χ4n) is 2.63. The van der Waals surface area contributed by atoms with Gasteiger partial charge in [-0.1, -0.05) is 36.2 Å². The molecule has 2 unspecified atom stereocenters. The zero-order valence-corrected chi connectivity index (χ0v) is 13.1. The molecule has 20 heavy (non-hydrogen) atoms. The van der Waals surface area contributed by atoms with E-state index in [1.54, 1.807) is 12.1 Å². The van der Waals surface area contributed by atoms with Gasteiger partial charge in [0.1, 0.15) is 0 Å². The van der Waals surface area contributed by atoms with Gasteiger partial charge < -0.3 is 10.6 Å². The van der Waals surface area contributed by atoms with Crippen LogP contribution in [-0.2, 0) is 11.2 Å². The summed E-state index contributed by atoms with van der Waals surface area (Å²) in [7, 11) is 0. The van der Waals surface area contributed by atoms with Crippen molar-refractivity contribution in [3.8, 4) is 0 Å². The molecule has 1 aliphatic rings. The molecule has 2 N–H and O–H groups in total. The summed E-state index contributed by atoms with van der Waals surface area (Å²) in [4.78, 5) is 14.3. The van der Waals surface area contributed by atoms with Crippen LogP contribution in [0.4, 0.5) is 0 Å². The Morgan fingerprint density at radius 2 is 2.25 bits per heavy atom. The van der Waals surface area contributed by atoms with Crippen molar-refractivity contribution in [3.05, 3.63) is 33.8 Å². The summed E-state index contributed by atoms with van der Waals surface area (Å²) in [5.74, 6) is 0.0603. The first-order valence-corrected chi connectivity index (χ1v) is 7.71. The van der Waals surface area contributed by atoms with Gasteiger partial charge in [-0.05, 0) is 37.0 Å². The van der Waals surface area contributed by atoms with Crippen LogP contribution >= 0.6 is 23.2 Å². The molecule has 1 heterocycles. The molecular weight excluding hydrogens is 295 g/mol. The fourth-order valence-corrected chi connectivity index (χ4v) is 3.11. The molecule has 0 saturated carbocycles. The molecule has 1 amide bonds. The molecule has 2 atom stereocenters. The number of rotatable bonds is 3. The number of carbonyl (C=O) groups is 1. The molecule has 1 saturated heterocycles. The predicted molar refractivity (Wildman–Crippen MR) is 83.1 cm³/mol. The van der Waals surface area contributed by atoms with Gasteiger partial charge in [-0.3, -0.25) is 4.79 Å². The maximum absolute atomic E-state index is 12.4. The van der Waals surface area contributed by atoms with E-state index in [-0.39, 0.29) is 17.9 Å². The Kier molecular flexibility index (Phi) is 5.30. The molecule has 0 aromatic heterocycles. The van der Waals surface area contributed by atoms with Gasteiger partial charge >= 0.3 is 0 Å². The lowest BCUT2D eigenvalue weighted by molar-refractivity contribution is -0.136. The Morgan fingerprint density at radius 3 is 2.90 bits per heavy atom. The highest BCUT2D eigenvalue weighted by atomic mass is 35.5. The van der Waals surface area contributed by atoms with Gasteiger partial charge in [0.15, 0.2) is 0 Å². The average molecular weight is 315 g/mol. The Hall–Kier alpha value is -0.770. The quantitative estimate of drug-likeness (QED) is 0.931. The summed E-state index contributed by atoms with van der Waals surface area (Å²) in [6.45, 7) is 3.41.